The monoisotopic (exact) mass is 374 g/mol. The van der Waals surface area contributed by atoms with E-state index in [9.17, 15) is 5.11 Å². The van der Waals surface area contributed by atoms with Crippen molar-refractivity contribution < 1.29 is 19.7 Å². The average Bonchev–Trinajstić information content (AvgIpc) is 2.65. The van der Waals surface area contributed by atoms with Crippen molar-refractivity contribution in [3.8, 4) is 0 Å². The molecule has 0 aromatic carbocycles. The predicted octanol–water partition coefficient (Wildman–Crippen LogP) is 5.24. The lowest BCUT2D eigenvalue weighted by atomic mass is 10.0. The zero-order chi connectivity index (χ0) is 19.1. The molecule has 1 atom stereocenters. The molecule has 0 saturated heterocycles. The highest BCUT2D eigenvalue weighted by Crippen LogP contribution is 2.13. The van der Waals surface area contributed by atoms with Crippen molar-refractivity contribution in [3.63, 3.8) is 0 Å². The van der Waals surface area contributed by atoms with Gasteiger partial charge in [-0.05, 0) is 6.42 Å². The second-order valence-electron chi connectivity index (χ2n) is 7.45. The van der Waals surface area contributed by atoms with Crippen LogP contribution in [0.2, 0.25) is 0 Å². The molecule has 0 radical (unpaired) electrons. The van der Waals surface area contributed by atoms with Gasteiger partial charge in [-0.1, -0.05) is 96.8 Å². The fourth-order valence-corrected chi connectivity index (χ4v) is 3.16. The third-order valence-electron chi connectivity index (χ3n) is 4.81. The van der Waals surface area contributed by atoms with Gasteiger partial charge in [0.15, 0.2) is 0 Å². The summed E-state index contributed by atoms with van der Waals surface area (Å²) in [5.74, 6) is 0. The van der Waals surface area contributed by atoms with Gasteiger partial charge in [0.05, 0.1) is 39.1 Å². The summed E-state index contributed by atoms with van der Waals surface area (Å²) in [7, 11) is 0. The molecular formula is C22H46O4. The fraction of sp³-hybridized carbons (Fsp3) is 1.00. The highest BCUT2D eigenvalue weighted by atomic mass is 16.5. The van der Waals surface area contributed by atoms with Crippen LogP contribution >= 0.6 is 0 Å². The summed E-state index contributed by atoms with van der Waals surface area (Å²) in [6.07, 6.45) is 19.5. The van der Waals surface area contributed by atoms with Crippen molar-refractivity contribution in [2.24, 2.45) is 0 Å². The van der Waals surface area contributed by atoms with Gasteiger partial charge in [-0.15, -0.1) is 0 Å². The molecule has 158 valence electrons. The van der Waals surface area contributed by atoms with Crippen LogP contribution in [0.25, 0.3) is 0 Å². The summed E-state index contributed by atoms with van der Waals surface area (Å²) < 4.78 is 10.4. The molecular weight excluding hydrogens is 328 g/mol. The zero-order valence-electron chi connectivity index (χ0n) is 17.4. The minimum absolute atomic E-state index is 0.0434. The summed E-state index contributed by atoms with van der Waals surface area (Å²) in [4.78, 5) is 0. The van der Waals surface area contributed by atoms with Gasteiger partial charge in [-0.3, -0.25) is 0 Å². The molecule has 0 heterocycles. The molecule has 0 aliphatic carbocycles. The summed E-state index contributed by atoms with van der Waals surface area (Å²) in [5, 5.41) is 18.4. The molecule has 0 spiro atoms. The van der Waals surface area contributed by atoms with Crippen molar-refractivity contribution in [1.29, 1.82) is 0 Å². The van der Waals surface area contributed by atoms with Crippen LogP contribution in [-0.4, -0.2) is 49.4 Å². The summed E-state index contributed by atoms with van der Waals surface area (Å²) in [5.41, 5.74) is 0. The van der Waals surface area contributed by atoms with Crippen LogP contribution in [0.5, 0.6) is 0 Å². The maximum atomic E-state index is 9.84. The zero-order valence-corrected chi connectivity index (χ0v) is 17.4. The van der Waals surface area contributed by atoms with Crippen molar-refractivity contribution >= 4 is 0 Å². The van der Waals surface area contributed by atoms with Gasteiger partial charge in [0, 0.05) is 0 Å². The highest BCUT2D eigenvalue weighted by molar-refractivity contribution is 4.55. The van der Waals surface area contributed by atoms with E-state index in [2.05, 4.69) is 6.92 Å². The standard InChI is InChI=1S/C22H46O4/c1-2-3-4-5-6-7-8-9-10-11-12-13-14-15-16-22(24)21-26-20-19-25-18-17-23/h22-24H,2-21H2,1H3. The van der Waals surface area contributed by atoms with Gasteiger partial charge in [-0.25, -0.2) is 0 Å². The molecule has 2 N–H and O–H groups in total. The number of hydrogen-bond acceptors (Lipinski definition) is 4. The first-order valence-corrected chi connectivity index (χ1v) is 11.3. The van der Waals surface area contributed by atoms with Crippen molar-refractivity contribution in [1.82, 2.24) is 0 Å². The van der Waals surface area contributed by atoms with Gasteiger partial charge < -0.3 is 19.7 Å². The Hall–Kier alpha value is -0.160. The molecule has 0 amide bonds. The fourth-order valence-electron chi connectivity index (χ4n) is 3.16. The van der Waals surface area contributed by atoms with Crippen LogP contribution in [-0.2, 0) is 9.47 Å². The van der Waals surface area contributed by atoms with Gasteiger partial charge in [-0.2, -0.15) is 0 Å². The predicted molar refractivity (Wildman–Crippen MR) is 110 cm³/mol. The Morgan fingerprint density at radius 3 is 1.58 bits per heavy atom. The van der Waals surface area contributed by atoms with E-state index >= 15 is 0 Å². The Balaban J connectivity index is 3.09. The Bertz CT molecular complexity index is 248. The van der Waals surface area contributed by atoms with Crippen molar-refractivity contribution in [2.45, 2.75) is 109 Å². The van der Waals surface area contributed by atoms with Crippen LogP contribution in [0.1, 0.15) is 103 Å². The third-order valence-corrected chi connectivity index (χ3v) is 4.81. The maximum Gasteiger partial charge on any atom is 0.0773 e. The molecule has 0 aliphatic heterocycles. The number of rotatable bonds is 22. The van der Waals surface area contributed by atoms with E-state index in [1.54, 1.807) is 0 Å². The van der Waals surface area contributed by atoms with E-state index in [-0.39, 0.29) is 12.7 Å². The molecule has 4 heteroatoms. The molecule has 0 aliphatic rings. The van der Waals surface area contributed by atoms with Gasteiger partial charge in [0.1, 0.15) is 0 Å². The second kappa shape index (κ2) is 22.9. The summed E-state index contributed by atoms with van der Waals surface area (Å²) >= 11 is 0. The molecule has 0 fully saturated rings. The molecule has 1 unspecified atom stereocenters. The lowest BCUT2D eigenvalue weighted by molar-refractivity contribution is -0.00465. The Morgan fingerprint density at radius 1 is 0.615 bits per heavy atom. The smallest absolute Gasteiger partial charge is 0.0773 e. The molecule has 0 aromatic rings. The van der Waals surface area contributed by atoms with E-state index in [4.69, 9.17) is 14.6 Å². The number of aliphatic hydroxyl groups excluding tert-OH is 2. The number of aliphatic hydroxyl groups is 2. The summed E-state index contributed by atoms with van der Waals surface area (Å²) in [6.45, 7) is 4.02. The van der Waals surface area contributed by atoms with E-state index in [0.29, 0.717) is 26.4 Å². The Morgan fingerprint density at radius 2 is 1.08 bits per heavy atom. The highest BCUT2D eigenvalue weighted by Gasteiger charge is 2.04. The number of ether oxygens (including phenoxy) is 2. The lowest BCUT2D eigenvalue weighted by Gasteiger charge is -2.11. The largest absolute Gasteiger partial charge is 0.394 e. The van der Waals surface area contributed by atoms with Gasteiger partial charge in [0.2, 0.25) is 0 Å². The first-order chi connectivity index (χ1) is 12.8. The van der Waals surface area contributed by atoms with Gasteiger partial charge >= 0.3 is 0 Å². The second-order valence-corrected chi connectivity index (χ2v) is 7.45. The molecule has 4 nitrogen and oxygen atoms in total. The first kappa shape index (κ1) is 25.8. The van der Waals surface area contributed by atoms with Crippen molar-refractivity contribution in [2.75, 3.05) is 33.0 Å². The molecule has 26 heavy (non-hydrogen) atoms. The Kier molecular flexibility index (Phi) is 22.7. The molecule has 0 saturated carbocycles. The molecule has 0 bridgehead atoms. The van der Waals surface area contributed by atoms with Gasteiger partial charge in [0.25, 0.3) is 0 Å². The number of unbranched alkanes of at least 4 members (excludes halogenated alkanes) is 13. The SMILES string of the molecule is CCCCCCCCCCCCCCCCC(O)COCCOCCO. The van der Waals surface area contributed by atoms with Crippen molar-refractivity contribution in [3.05, 3.63) is 0 Å². The first-order valence-electron chi connectivity index (χ1n) is 11.3. The average molecular weight is 375 g/mol. The van der Waals surface area contributed by atoms with E-state index in [1.807, 2.05) is 0 Å². The molecule has 0 aromatic heterocycles. The maximum absolute atomic E-state index is 9.84. The quantitative estimate of drug-likeness (QED) is 0.254. The summed E-state index contributed by atoms with van der Waals surface area (Å²) in [6, 6.07) is 0. The minimum Gasteiger partial charge on any atom is -0.394 e. The number of hydrogen-bond donors (Lipinski definition) is 2. The normalized spacial score (nSPS) is 12.6. The molecule has 0 rings (SSSR count). The van der Waals surface area contributed by atoms with Crippen LogP contribution < -0.4 is 0 Å². The van der Waals surface area contributed by atoms with Crippen LogP contribution in [0.4, 0.5) is 0 Å². The van der Waals surface area contributed by atoms with E-state index < -0.39 is 0 Å². The van der Waals surface area contributed by atoms with E-state index in [0.717, 1.165) is 12.8 Å². The topological polar surface area (TPSA) is 58.9 Å². The van der Waals surface area contributed by atoms with Crippen LogP contribution in [0.15, 0.2) is 0 Å². The van der Waals surface area contributed by atoms with Crippen LogP contribution in [0, 0.1) is 0 Å². The third kappa shape index (κ3) is 21.9. The Labute approximate surface area is 162 Å². The van der Waals surface area contributed by atoms with E-state index in [1.165, 1.54) is 83.5 Å². The lowest BCUT2D eigenvalue weighted by Crippen LogP contribution is -2.17. The minimum atomic E-state index is -0.356. The van der Waals surface area contributed by atoms with Crippen LogP contribution in [0.3, 0.4) is 0 Å².